The maximum Gasteiger partial charge on any atom is 0.257 e. The molecule has 3 aromatic rings. The first-order valence-corrected chi connectivity index (χ1v) is 10.7. The number of anilines is 2. The molecule has 164 valence electrons. The van der Waals surface area contributed by atoms with Crippen molar-refractivity contribution in [2.24, 2.45) is 0 Å². The fourth-order valence-corrected chi connectivity index (χ4v) is 4.19. The van der Waals surface area contributed by atoms with Gasteiger partial charge >= 0.3 is 0 Å². The molecule has 2 aromatic heterocycles. The number of morpholine rings is 1. The van der Waals surface area contributed by atoms with E-state index in [1.54, 1.807) is 44.7 Å². The van der Waals surface area contributed by atoms with Crippen LogP contribution in [0.3, 0.4) is 0 Å². The van der Waals surface area contributed by atoms with Crippen LogP contribution in [0.25, 0.3) is 10.2 Å². The largest absolute Gasteiger partial charge is 0.493 e. The lowest BCUT2D eigenvalue weighted by atomic mass is 10.2. The van der Waals surface area contributed by atoms with Gasteiger partial charge in [0.1, 0.15) is 28.4 Å². The van der Waals surface area contributed by atoms with Crippen LogP contribution in [0, 0.1) is 0 Å². The number of rotatable bonds is 8. The monoisotopic (exact) mass is 444 g/mol. The van der Waals surface area contributed by atoms with Gasteiger partial charge in [-0.25, -0.2) is 9.97 Å². The Morgan fingerprint density at radius 3 is 2.68 bits per heavy atom. The molecule has 1 aliphatic heterocycles. The van der Waals surface area contributed by atoms with E-state index in [2.05, 4.69) is 20.2 Å². The molecule has 0 saturated carbocycles. The second-order valence-electron chi connectivity index (χ2n) is 6.77. The number of thiazole rings is 1. The summed E-state index contributed by atoms with van der Waals surface area (Å²) >= 11 is 1.38. The Morgan fingerprint density at radius 2 is 1.97 bits per heavy atom. The highest BCUT2D eigenvalue weighted by molar-refractivity contribution is 7.23. The lowest BCUT2D eigenvalue weighted by Crippen LogP contribution is -2.36. The van der Waals surface area contributed by atoms with E-state index in [0.29, 0.717) is 54.1 Å². The van der Waals surface area contributed by atoms with Crippen molar-refractivity contribution in [3.8, 4) is 11.5 Å². The zero-order chi connectivity index (χ0) is 21.6. The number of carbonyl (C=O) groups excluding carboxylic acids is 1. The number of nitrogens with zero attached hydrogens (tertiary/aromatic N) is 3. The Balaban J connectivity index is 1.53. The average Bonchev–Trinajstić information content (AvgIpc) is 3.23. The predicted molar refractivity (Wildman–Crippen MR) is 119 cm³/mol. The molecule has 1 amide bonds. The maximum atomic E-state index is 12.7. The van der Waals surface area contributed by atoms with Crippen molar-refractivity contribution in [1.29, 1.82) is 0 Å². The summed E-state index contributed by atoms with van der Waals surface area (Å²) in [6.45, 7) is 3.78. The molecule has 31 heavy (non-hydrogen) atoms. The molecule has 3 heterocycles. The van der Waals surface area contributed by atoms with E-state index in [4.69, 9.17) is 18.9 Å². The SMILES string of the molecule is COCCOc1ccc(C(=O)Nc2nc3c(OC)cnc(N4CCOCC4)c3s2)cc1. The highest BCUT2D eigenvalue weighted by Gasteiger charge is 2.21. The molecule has 0 radical (unpaired) electrons. The van der Waals surface area contributed by atoms with Gasteiger partial charge in [0.05, 0.1) is 33.1 Å². The summed E-state index contributed by atoms with van der Waals surface area (Å²) in [5.41, 5.74) is 1.19. The highest BCUT2D eigenvalue weighted by atomic mass is 32.1. The number of aromatic nitrogens is 2. The van der Waals surface area contributed by atoms with Gasteiger partial charge in [-0.05, 0) is 24.3 Å². The molecule has 0 atom stereocenters. The van der Waals surface area contributed by atoms with Crippen molar-refractivity contribution in [3.63, 3.8) is 0 Å². The second kappa shape index (κ2) is 9.90. The van der Waals surface area contributed by atoms with E-state index in [-0.39, 0.29) is 5.91 Å². The molecule has 0 bridgehead atoms. The van der Waals surface area contributed by atoms with E-state index >= 15 is 0 Å². The first kappa shape index (κ1) is 21.3. The Morgan fingerprint density at radius 1 is 1.19 bits per heavy atom. The zero-order valence-corrected chi connectivity index (χ0v) is 18.2. The Hall–Kier alpha value is -2.95. The van der Waals surface area contributed by atoms with Crippen LogP contribution in [0.4, 0.5) is 10.9 Å². The van der Waals surface area contributed by atoms with E-state index in [1.807, 2.05) is 0 Å². The van der Waals surface area contributed by atoms with Crippen LogP contribution >= 0.6 is 11.3 Å². The Labute approximate surface area is 183 Å². The molecule has 0 spiro atoms. The van der Waals surface area contributed by atoms with Crippen LogP contribution in [0.1, 0.15) is 10.4 Å². The molecule has 1 aliphatic rings. The number of ether oxygens (including phenoxy) is 4. The number of pyridine rings is 1. The normalized spacial score (nSPS) is 13.9. The summed E-state index contributed by atoms with van der Waals surface area (Å²) in [6.07, 6.45) is 1.67. The fraction of sp³-hybridized carbons (Fsp3) is 0.381. The number of methoxy groups -OCH3 is 2. The van der Waals surface area contributed by atoms with Crippen molar-refractivity contribution in [2.45, 2.75) is 0 Å². The third-order valence-electron chi connectivity index (χ3n) is 4.79. The molecular formula is C21H24N4O5S. The van der Waals surface area contributed by atoms with Gasteiger partial charge in [0.2, 0.25) is 0 Å². The molecule has 0 aliphatic carbocycles. The van der Waals surface area contributed by atoms with Gasteiger partial charge in [-0.3, -0.25) is 10.1 Å². The molecule has 1 fully saturated rings. The minimum Gasteiger partial charge on any atom is -0.493 e. The minimum atomic E-state index is -0.248. The van der Waals surface area contributed by atoms with Crippen molar-refractivity contribution in [1.82, 2.24) is 9.97 Å². The standard InChI is InChI=1S/C21H24N4O5S/c1-27-11-12-30-15-5-3-14(4-6-15)20(26)24-21-23-17-16(28-2)13-22-19(18(17)31-21)25-7-9-29-10-8-25/h3-6,13H,7-12H2,1-2H3,(H,23,24,26). The minimum absolute atomic E-state index is 0.248. The van der Waals surface area contributed by atoms with Gasteiger partial charge in [0.15, 0.2) is 10.9 Å². The summed E-state index contributed by atoms with van der Waals surface area (Å²) < 4.78 is 22.2. The van der Waals surface area contributed by atoms with Crippen LogP contribution in [0.2, 0.25) is 0 Å². The number of fused-ring (bicyclic) bond motifs is 1. The maximum absolute atomic E-state index is 12.7. The molecule has 10 heteroatoms. The number of benzene rings is 1. The predicted octanol–water partition coefficient (Wildman–Crippen LogP) is 2.81. The lowest BCUT2D eigenvalue weighted by molar-refractivity contribution is 0.102. The Kier molecular flexibility index (Phi) is 6.80. The number of hydrogen-bond acceptors (Lipinski definition) is 9. The molecule has 4 rings (SSSR count). The van der Waals surface area contributed by atoms with Gasteiger partial charge in [-0.15, -0.1) is 0 Å². The van der Waals surface area contributed by atoms with E-state index in [1.165, 1.54) is 11.3 Å². The smallest absolute Gasteiger partial charge is 0.257 e. The number of hydrogen-bond donors (Lipinski definition) is 1. The molecular weight excluding hydrogens is 420 g/mol. The fourth-order valence-electron chi connectivity index (χ4n) is 3.20. The molecule has 0 unspecified atom stereocenters. The molecule has 1 saturated heterocycles. The van der Waals surface area contributed by atoms with E-state index < -0.39 is 0 Å². The van der Waals surface area contributed by atoms with Gasteiger partial charge in [-0.2, -0.15) is 0 Å². The van der Waals surface area contributed by atoms with Crippen molar-refractivity contribution >= 4 is 38.4 Å². The van der Waals surface area contributed by atoms with E-state index in [0.717, 1.165) is 23.6 Å². The van der Waals surface area contributed by atoms with Crippen LogP contribution in [-0.2, 0) is 9.47 Å². The zero-order valence-electron chi connectivity index (χ0n) is 17.4. The first-order chi connectivity index (χ1) is 15.2. The second-order valence-corrected chi connectivity index (χ2v) is 7.77. The van der Waals surface area contributed by atoms with Crippen LogP contribution in [0.15, 0.2) is 30.5 Å². The van der Waals surface area contributed by atoms with Crippen molar-refractivity contribution in [2.75, 3.05) is 64.0 Å². The summed E-state index contributed by atoms with van der Waals surface area (Å²) in [4.78, 5) is 24.1. The number of nitrogens with one attached hydrogen (secondary N) is 1. The molecule has 1 N–H and O–H groups in total. The summed E-state index contributed by atoms with van der Waals surface area (Å²) in [7, 11) is 3.20. The van der Waals surface area contributed by atoms with Crippen LogP contribution < -0.4 is 19.7 Å². The molecule has 9 nitrogen and oxygen atoms in total. The van der Waals surface area contributed by atoms with Gasteiger partial charge < -0.3 is 23.8 Å². The summed E-state index contributed by atoms with van der Waals surface area (Å²) in [5, 5.41) is 3.37. The summed E-state index contributed by atoms with van der Waals surface area (Å²) in [6, 6.07) is 6.94. The first-order valence-electron chi connectivity index (χ1n) is 9.89. The third-order valence-corrected chi connectivity index (χ3v) is 5.76. The lowest BCUT2D eigenvalue weighted by Gasteiger charge is -2.28. The Bertz CT molecular complexity index is 1030. The quantitative estimate of drug-likeness (QED) is 0.530. The van der Waals surface area contributed by atoms with Crippen LogP contribution in [0.5, 0.6) is 11.5 Å². The molecule has 1 aromatic carbocycles. The topological polar surface area (TPSA) is 95.0 Å². The van der Waals surface area contributed by atoms with Crippen molar-refractivity contribution < 1.29 is 23.7 Å². The third kappa shape index (κ3) is 4.87. The number of carbonyl (C=O) groups is 1. The number of amides is 1. The van der Waals surface area contributed by atoms with Crippen molar-refractivity contribution in [3.05, 3.63) is 36.0 Å². The van der Waals surface area contributed by atoms with E-state index in [9.17, 15) is 4.79 Å². The van der Waals surface area contributed by atoms with Crippen LogP contribution in [-0.4, -0.2) is 69.6 Å². The van der Waals surface area contributed by atoms with Gasteiger partial charge in [0, 0.05) is 25.8 Å². The summed E-state index contributed by atoms with van der Waals surface area (Å²) in [5.74, 6) is 1.83. The average molecular weight is 445 g/mol. The van der Waals surface area contributed by atoms with Gasteiger partial charge in [0.25, 0.3) is 5.91 Å². The van der Waals surface area contributed by atoms with Gasteiger partial charge in [-0.1, -0.05) is 11.3 Å². The highest BCUT2D eigenvalue weighted by Crippen LogP contribution is 2.38.